The molecule has 13 heavy (non-hydrogen) atoms. The van der Waals surface area contributed by atoms with Crippen LogP contribution in [0.15, 0.2) is 11.4 Å². The van der Waals surface area contributed by atoms with Crippen molar-refractivity contribution in [2.45, 2.75) is 25.7 Å². The van der Waals surface area contributed by atoms with E-state index in [2.05, 4.69) is 30.7 Å². The highest BCUT2D eigenvalue weighted by atomic mass is 32.1. The van der Waals surface area contributed by atoms with Crippen LogP contribution < -0.4 is 5.32 Å². The largest absolute Gasteiger partial charge is 0.319 e. The summed E-state index contributed by atoms with van der Waals surface area (Å²) in [5.41, 5.74) is 1.61. The van der Waals surface area contributed by atoms with Gasteiger partial charge in [0.1, 0.15) is 0 Å². The van der Waals surface area contributed by atoms with E-state index in [1.165, 1.54) is 24.3 Å². The summed E-state index contributed by atoms with van der Waals surface area (Å²) in [6, 6.07) is 2.31. The van der Waals surface area contributed by atoms with Crippen molar-refractivity contribution in [1.82, 2.24) is 5.32 Å². The average molecular weight is 195 g/mol. The SMILES string of the molecule is CNCC1CCC1c1ccsc1C. The van der Waals surface area contributed by atoms with Gasteiger partial charge in [-0.05, 0) is 62.2 Å². The summed E-state index contributed by atoms with van der Waals surface area (Å²) in [6.07, 6.45) is 2.80. The van der Waals surface area contributed by atoms with Crippen LogP contribution in [-0.4, -0.2) is 13.6 Å². The first-order valence-electron chi connectivity index (χ1n) is 5.01. The minimum Gasteiger partial charge on any atom is -0.319 e. The van der Waals surface area contributed by atoms with E-state index in [1.54, 1.807) is 5.56 Å². The van der Waals surface area contributed by atoms with E-state index in [-0.39, 0.29) is 0 Å². The van der Waals surface area contributed by atoms with Crippen molar-refractivity contribution >= 4 is 11.3 Å². The van der Waals surface area contributed by atoms with Gasteiger partial charge in [-0.3, -0.25) is 0 Å². The minimum absolute atomic E-state index is 0.846. The molecule has 0 bridgehead atoms. The van der Waals surface area contributed by atoms with Crippen LogP contribution in [0.25, 0.3) is 0 Å². The lowest BCUT2D eigenvalue weighted by atomic mass is 9.70. The van der Waals surface area contributed by atoms with Crippen LogP contribution in [0.2, 0.25) is 0 Å². The maximum atomic E-state index is 3.28. The van der Waals surface area contributed by atoms with E-state index in [1.807, 2.05) is 11.3 Å². The Kier molecular flexibility index (Phi) is 2.70. The highest BCUT2D eigenvalue weighted by Gasteiger charge is 2.32. The van der Waals surface area contributed by atoms with Gasteiger partial charge in [0.25, 0.3) is 0 Å². The second-order valence-corrected chi connectivity index (χ2v) is 5.05. The highest BCUT2D eigenvalue weighted by Crippen LogP contribution is 2.44. The third kappa shape index (κ3) is 1.65. The Bertz CT molecular complexity index is 279. The van der Waals surface area contributed by atoms with Crippen LogP contribution in [0.4, 0.5) is 0 Å². The predicted octanol–water partition coefficient (Wildman–Crippen LogP) is 2.77. The molecule has 1 nitrogen and oxygen atoms in total. The maximum absolute atomic E-state index is 3.28. The van der Waals surface area contributed by atoms with E-state index in [4.69, 9.17) is 0 Å². The molecule has 72 valence electrons. The summed E-state index contributed by atoms with van der Waals surface area (Å²) in [4.78, 5) is 1.52. The minimum atomic E-state index is 0.846. The van der Waals surface area contributed by atoms with Gasteiger partial charge in [-0.15, -0.1) is 11.3 Å². The quantitative estimate of drug-likeness (QED) is 0.782. The molecule has 2 heteroatoms. The first kappa shape index (κ1) is 9.22. The second kappa shape index (κ2) is 3.81. The molecule has 1 aromatic rings. The highest BCUT2D eigenvalue weighted by molar-refractivity contribution is 7.10. The van der Waals surface area contributed by atoms with Gasteiger partial charge in [0.2, 0.25) is 0 Å². The Morgan fingerprint density at radius 1 is 1.54 bits per heavy atom. The van der Waals surface area contributed by atoms with Crippen molar-refractivity contribution in [2.75, 3.05) is 13.6 Å². The lowest BCUT2D eigenvalue weighted by molar-refractivity contribution is 0.250. The van der Waals surface area contributed by atoms with Gasteiger partial charge in [-0.1, -0.05) is 0 Å². The van der Waals surface area contributed by atoms with E-state index in [0.29, 0.717) is 0 Å². The van der Waals surface area contributed by atoms with Gasteiger partial charge in [0.05, 0.1) is 0 Å². The van der Waals surface area contributed by atoms with E-state index < -0.39 is 0 Å². The molecule has 0 radical (unpaired) electrons. The zero-order valence-electron chi connectivity index (χ0n) is 8.34. The van der Waals surface area contributed by atoms with Crippen molar-refractivity contribution in [3.8, 4) is 0 Å². The monoisotopic (exact) mass is 195 g/mol. The Morgan fingerprint density at radius 2 is 2.38 bits per heavy atom. The Labute approximate surface area is 84.2 Å². The molecule has 0 spiro atoms. The summed E-state index contributed by atoms with van der Waals surface area (Å²) in [5.74, 6) is 1.73. The fourth-order valence-electron chi connectivity index (χ4n) is 2.26. The van der Waals surface area contributed by atoms with E-state index in [0.717, 1.165) is 11.8 Å². The summed E-state index contributed by atoms with van der Waals surface area (Å²) in [7, 11) is 2.05. The third-order valence-corrected chi connectivity index (χ3v) is 4.04. The smallest absolute Gasteiger partial charge is 0.00491 e. The third-order valence-electron chi connectivity index (χ3n) is 3.18. The Morgan fingerprint density at radius 3 is 2.85 bits per heavy atom. The molecular weight excluding hydrogens is 178 g/mol. The fourth-order valence-corrected chi connectivity index (χ4v) is 3.04. The normalized spacial score (nSPS) is 27.2. The van der Waals surface area contributed by atoms with Crippen LogP contribution in [-0.2, 0) is 0 Å². The van der Waals surface area contributed by atoms with Crippen molar-refractivity contribution in [3.05, 3.63) is 21.9 Å². The number of hydrogen-bond acceptors (Lipinski definition) is 2. The molecule has 1 aromatic heterocycles. The molecule has 1 heterocycles. The number of hydrogen-bond donors (Lipinski definition) is 1. The molecular formula is C11H17NS. The van der Waals surface area contributed by atoms with Crippen molar-refractivity contribution in [3.63, 3.8) is 0 Å². The number of nitrogens with one attached hydrogen (secondary N) is 1. The summed E-state index contributed by atoms with van der Waals surface area (Å²) in [6.45, 7) is 3.43. The first-order valence-corrected chi connectivity index (χ1v) is 5.89. The standard InChI is InChI=1S/C11H17NS/c1-8-10(5-6-13-8)11-4-3-9(11)7-12-2/h5-6,9,11-12H,3-4,7H2,1-2H3. The lowest BCUT2D eigenvalue weighted by Gasteiger charge is -2.37. The van der Waals surface area contributed by atoms with Crippen LogP contribution in [0.3, 0.4) is 0 Å². The molecule has 1 N–H and O–H groups in total. The molecule has 1 saturated carbocycles. The zero-order valence-corrected chi connectivity index (χ0v) is 9.16. The molecule has 1 aliphatic rings. The molecule has 2 unspecified atom stereocenters. The average Bonchev–Trinajstić information content (AvgIpc) is 2.46. The topological polar surface area (TPSA) is 12.0 Å². The summed E-state index contributed by atoms with van der Waals surface area (Å²) >= 11 is 1.88. The second-order valence-electron chi connectivity index (χ2n) is 3.93. The van der Waals surface area contributed by atoms with Crippen LogP contribution in [0.1, 0.15) is 29.2 Å². The van der Waals surface area contributed by atoms with E-state index in [9.17, 15) is 0 Å². The van der Waals surface area contributed by atoms with Gasteiger partial charge in [-0.25, -0.2) is 0 Å². The zero-order chi connectivity index (χ0) is 9.26. The Balaban J connectivity index is 2.06. The number of thiophene rings is 1. The van der Waals surface area contributed by atoms with Crippen molar-refractivity contribution < 1.29 is 0 Å². The van der Waals surface area contributed by atoms with Gasteiger partial charge >= 0.3 is 0 Å². The molecule has 2 rings (SSSR count). The van der Waals surface area contributed by atoms with Crippen molar-refractivity contribution in [2.24, 2.45) is 5.92 Å². The van der Waals surface area contributed by atoms with Gasteiger partial charge < -0.3 is 5.32 Å². The molecule has 0 saturated heterocycles. The van der Waals surface area contributed by atoms with E-state index >= 15 is 0 Å². The Hall–Kier alpha value is -0.340. The predicted molar refractivity (Wildman–Crippen MR) is 58.4 cm³/mol. The first-order chi connectivity index (χ1) is 6.33. The number of aryl methyl sites for hydroxylation is 1. The van der Waals surface area contributed by atoms with Crippen LogP contribution in [0, 0.1) is 12.8 Å². The molecule has 2 atom stereocenters. The van der Waals surface area contributed by atoms with Gasteiger partial charge in [0, 0.05) is 4.88 Å². The molecule has 0 aromatic carbocycles. The van der Waals surface area contributed by atoms with Gasteiger partial charge in [-0.2, -0.15) is 0 Å². The van der Waals surface area contributed by atoms with Crippen LogP contribution in [0.5, 0.6) is 0 Å². The molecule has 0 aliphatic heterocycles. The lowest BCUT2D eigenvalue weighted by Crippen LogP contribution is -2.32. The molecule has 1 aliphatic carbocycles. The molecule has 0 amide bonds. The fraction of sp³-hybridized carbons (Fsp3) is 0.636. The van der Waals surface area contributed by atoms with Crippen LogP contribution >= 0.6 is 11.3 Å². The molecule has 1 fully saturated rings. The summed E-state index contributed by atoms with van der Waals surface area (Å²) in [5, 5.41) is 5.51. The maximum Gasteiger partial charge on any atom is 0.00491 e. The van der Waals surface area contributed by atoms with Crippen molar-refractivity contribution in [1.29, 1.82) is 0 Å². The summed E-state index contributed by atoms with van der Waals surface area (Å²) < 4.78 is 0. The van der Waals surface area contributed by atoms with Gasteiger partial charge in [0.15, 0.2) is 0 Å². The number of rotatable bonds is 3.